The van der Waals surface area contributed by atoms with Crippen molar-refractivity contribution in [3.05, 3.63) is 12.2 Å². The Morgan fingerprint density at radius 2 is 1.64 bits per heavy atom. The number of rotatable bonds is 15. The molecular formula is C34H54O14S2. The van der Waals surface area contributed by atoms with Crippen molar-refractivity contribution in [2.45, 2.75) is 168 Å². The standard InChI is InChI=1S/C34H54O14S2/c1-15-9-17(5-4-8-35)41-22(16(15)2)12-23-27(28(40-3)24(43-23)11-19(14-36)48-49)34(50(38)39)20(37)10-18-6-7-21-29(42-18)32-33-31(44-21)30-25(45-33)13-26(46-30)47-32/h15,17-37,49H,2,4-14H2,1,3H3,(H,38,39)/t15-,17+,18-,19+,20?,21+,22-,23+,24-,25-,26+,27?,28+,29?,30?,31?,32+,33-,34?/m1/s1. The summed E-state index contributed by atoms with van der Waals surface area (Å²) in [5.74, 6) is -0.569. The van der Waals surface area contributed by atoms with Crippen LogP contribution in [-0.2, 0) is 53.2 Å². The largest absolute Gasteiger partial charge is 0.396 e. The maximum atomic E-state index is 13.3. The lowest BCUT2D eigenvalue weighted by atomic mass is 9.81. The summed E-state index contributed by atoms with van der Waals surface area (Å²) in [6.45, 7) is 6.19. The highest BCUT2D eigenvalue weighted by Gasteiger charge is 2.65. The average Bonchev–Trinajstić information content (AvgIpc) is 3.67. The van der Waals surface area contributed by atoms with Crippen LogP contribution in [0.1, 0.15) is 64.7 Å². The molecule has 0 aliphatic carbocycles. The summed E-state index contributed by atoms with van der Waals surface area (Å²) in [7, 11) is 1.51. The zero-order valence-electron chi connectivity index (χ0n) is 28.7. The topological polar surface area (TPSA) is 181 Å². The van der Waals surface area contributed by atoms with Gasteiger partial charge in [0.1, 0.15) is 30.5 Å². The first-order valence-electron chi connectivity index (χ1n) is 18.2. The van der Waals surface area contributed by atoms with E-state index in [0.29, 0.717) is 38.5 Å². The van der Waals surface area contributed by atoms with Crippen LogP contribution < -0.4 is 0 Å². The fraction of sp³-hybridized carbons (Fsp3) is 0.941. The van der Waals surface area contributed by atoms with Crippen LogP contribution in [0.25, 0.3) is 0 Å². The second-order valence-corrected chi connectivity index (χ2v) is 16.5. The second kappa shape index (κ2) is 16.2. The van der Waals surface area contributed by atoms with Crippen LogP contribution in [0, 0.1) is 11.8 Å². The van der Waals surface area contributed by atoms with Crippen LogP contribution in [0.5, 0.6) is 0 Å². The van der Waals surface area contributed by atoms with Crippen LogP contribution in [0.3, 0.4) is 0 Å². The van der Waals surface area contributed by atoms with Crippen LogP contribution in [0.15, 0.2) is 12.2 Å². The first-order chi connectivity index (χ1) is 24.1. The predicted molar refractivity (Wildman–Crippen MR) is 180 cm³/mol. The van der Waals surface area contributed by atoms with Gasteiger partial charge in [-0.2, -0.15) is 0 Å². The zero-order chi connectivity index (χ0) is 35.3. The summed E-state index contributed by atoms with van der Waals surface area (Å²) >= 11 is 1.43. The molecule has 20 atom stereocenters. The van der Waals surface area contributed by atoms with Crippen molar-refractivity contribution >= 4 is 24.0 Å². The first kappa shape index (κ1) is 38.0. The highest BCUT2D eigenvalue weighted by Crippen LogP contribution is 2.49. The molecule has 0 aromatic rings. The number of aliphatic hydroxyl groups excluding tert-OH is 3. The van der Waals surface area contributed by atoms with Crippen molar-refractivity contribution in [3.8, 4) is 0 Å². The van der Waals surface area contributed by atoms with Crippen molar-refractivity contribution < 1.29 is 66.2 Å². The van der Waals surface area contributed by atoms with E-state index in [9.17, 15) is 24.1 Å². The van der Waals surface area contributed by atoms with Gasteiger partial charge in [0.15, 0.2) is 17.4 Å². The van der Waals surface area contributed by atoms with Crippen molar-refractivity contribution in [3.63, 3.8) is 0 Å². The lowest BCUT2D eigenvalue weighted by Gasteiger charge is -2.47. The highest BCUT2D eigenvalue weighted by atomic mass is 32.2. The van der Waals surface area contributed by atoms with E-state index < -0.39 is 71.1 Å². The Morgan fingerprint density at radius 3 is 2.36 bits per heavy atom. The number of thiol groups is 1. The van der Waals surface area contributed by atoms with Gasteiger partial charge in [-0.25, -0.2) is 4.21 Å². The zero-order valence-corrected chi connectivity index (χ0v) is 30.4. The number of hydrogen-bond donors (Lipinski definition) is 5. The molecule has 7 unspecified atom stereocenters. The summed E-state index contributed by atoms with van der Waals surface area (Å²) in [6.07, 6.45) is -2.21. The molecule has 0 spiro atoms. The van der Waals surface area contributed by atoms with E-state index in [1.54, 1.807) is 0 Å². The van der Waals surface area contributed by atoms with Crippen LogP contribution >= 0.6 is 12.9 Å². The molecule has 0 aromatic carbocycles. The molecular weight excluding hydrogens is 696 g/mol. The Kier molecular flexibility index (Phi) is 12.3. The molecule has 50 heavy (non-hydrogen) atoms. The van der Waals surface area contributed by atoms with Crippen LogP contribution in [-0.4, -0.2) is 148 Å². The van der Waals surface area contributed by atoms with Gasteiger partial charge < -0.3 is 62.0 Å². The first-order valence-corrected chi connectivity index (χ1v) is 19.8. The van der Waals surface area contributed by atoms with Gasteiger partial charge in [-0.05, 0) is 56.5 Å². The Balaban J connectivity index is 1.09. The molecule has 6 bridgehead atoms. The molecule has 8 heterocycles. The van der Waals surface area contributed by atoms with E-state index >= 15 is 0 Å². The summed E-state index contributed by atoms with van der Waals surface area (Å²) in [5, 5.41) is 30.0. The van der Waals surface area contributed by atoms with Crippen molar-refractivity contribution in [2.75, 3.05) is 20.3 Å². The summed E-state index contributed by atoms with van der Waals surface area (Å²) in [6, 6.07) is 0. The van der Waals surface area contributed by atoms with Gasteiger partial charge in [-0.3, -0.25) is 0 Å². The fourth-order valence-corrected chi connectivity index (χ4v) is 10.8. The van der Waals surface area contributed by atoms with Gasteiger partial charge in [0.05, 0.1) is 72.9 Å². The second-order valence-electron chi connectivity index (χ2n) is 15.2. The quantitative estimate of drug-likeness (QED) is 0.0703. The molecule has 0 saturated carbocycles. The molecule has 8 fully saturated rings. The molecule has 8 rings (SSSR count). The van der Waals surface area contributed by atoms with E-state index in [-0.39, 0.29) is 81.0 Å². The third-order valence-electron chi connectivity index (χ3n) is 12.1. The Morgan fingerprint density at radius 1 is 0.920 bits per heavy atom. The maximum absolute atomic E-state index is 13.3. The number of ether oxygens (including phenoxy) is 8. The summed E-state index contributed by atoms with van der Waals surface area (Å²) in [4.78, 5) is 0. The third-order valence-corrected chi connectivity index (χ3v) is 13.5. The minimum atomic E-state index is -2.49. The molecule has 8 aliphatic heterocycles. The lowest BCUT2D eigenvalue weighted by Crippen LogP contribution is -2.61. The molecule has 8 aliphatic rings. The lowest BCUT2D eigenvalue weighted by molar-refractivity contribution is -0.266. The number of methoxy groups -OCH3 is 1. The van der Waals surface area contributed by atoms with Gasteiger partial charge in [0, 0.05) is 45.3 Å². The fourth-order valence-electron chi connectivity index (χ4n) is 9.72. The van der Waals surface area contributed by atoms with E-state index in [1.165, 1.54) is 7.11 Å². The minimum Gasteiger partial charge on any atom is -0.396 e. The Hall–Kier alpha value is -0.280. The smallest absolute Gasteiger partial charge is 0.161 e. The van der Waals surface area contributed by atoms with Crippen LogP contribution in [0.4, 0.5) is 0 Å². The monoisotopic (exact) mass is 750 g/mol. The predicted octanol–water partition coefficient (Wildman–Crippen LogP) is 1.45. The molecule has 286 valence electrons. The number of aliphatic hydroxyl groups is 3. The molecule has 0 aromatic heterocycles. The highest BCUT2D eigenvalue weighted by molar-refractivity contribution is 7.80. The van der Waals surface area contributed by atoms with E-state index in [2.05, 4.69) is 26.4 Å². The van der Waals surface area contributed by atoms with Crippen molar-refractivity contribution in [1.82, 2.24) is 0 Å². The van der Waals surface area contributed by atoms with Gasteiger partial charge in [-0.15, -0.1) is 0 Å². The molecule has 16 heteroatoms. The van der Waals surface area contributed by atoms with E-state index in [4.69, 9.17) is 42.1 Å². The minimum absolute atomic E-state index is 0.0463. The molecule has 4 N–H and O–H groups in total. The van der Waals surface area contributed by atoms with Gasteiger partial charge in [0.25, 0.3) is 0 Å². The number of hydrogen-bond acceptors (Lipinski definition) is 14. The van der Waals surface area contributed by atoms with Crippen molar-refractivity contribution in [2.24, 2.45) is 11.8 Å². The summed E-state index contributed by atoms with van der Waals surface area (Å²) in [5.41, 5.74) is 0.905. The van der Waals surface area contributed by atoms with Gasteiger partial charge in [-0.1, -0.05) is 13.5 Å². The van der Waals surface area contributed by atoms with E-state index in [0.717, 1.165) is 12.0 Å². The molecule has 14 nitrogen and oxygen atoms in total. The molecule has 0 radical (unpaired) electrons. The van der Waals surface area contributed by atoms with Crippen LogP contribution in [0.2, 0.25) is 0 Å². The molecule has 0 amide bonds. The summed E-state index contributed by atoms with van der Waals surface area (Å²) < 4.78 is 80.2. The van der Waals surface area contributed by atoms with E-state index in [1.807, 2.05) is 0 Å². The Labute approximate surface area is 301 Å². The Bertz CT molecular complexity index is 1190. The third kappa shape index (κ3) is 7.39. The van der Waals surface area contributed by atoms with Gasteiger partial charge in [0.2, 0.25) is 0 Å². The normalized spacial score (nSPS) is 47.5. The van der Waals surface area contributed by atoms with Gasteiger partial charge >= 0.3 is 0 Å². The molecule has 8 saturated heterocycles. The maximum Gasteiger partial charge on any atom is 0.161 e. The van der Waals surface area contributed by atoms with Crippen molar-refractivity contribution in [1.29, 1.82) is 0 Å². The average molecular weight is 751 g/mol. The number of fused-ring (bicyclic) bond motifs is 1. The SMILES string of the molecule is C=C1[C@H](C)C[C@H](CCCO)O[C@@H]1C[C@@H]1O[C@H](C[C@@H](CO)OS)[C@H](OC)C1C(C(O)C[C@H]1CC[C@@H]2OC3C4O[C@@H]5C[C@H]4O[C@H]3[C@@H](O5)C2O1)S(=O)O.